The number of rotatable bonds is 4. The van der Waals surface area contributed by atoms with E-state index < -0.39 is 16.8 Å². The average molecular weight is 317 g/mol. The molecule has 0 heterocycles. The van der Waals surface area contributed by atoms with Crippen molar-refractivity contribution in [2.45, 2.75) is 9.79 Å². The summed E-state index contributed by atoms with van der Waals surface area (Å²) in [7, 11) is 1.30. The molecule has 0 saturated carbocycles. The topological polar surface area (TPSA) is 72.5 Å². The third-order valence-electron chi connectivity index (χ3n) is 3.05. The molecule has 5 nitrogen and oxygen atoms in total. The van der Waals surface area contributed by atoms with Gasteiger partial charge in [0.15, 0.2) is 0 Å². The summed E-state index contributed by atoms with van der Waals surface area (Å²) in [6, 6.07) is 13.0. The van der Waals surface area contributed by atoms with Crippen molar-refractivity contribution in [1.29, 1.82) is 0 Å². The Bertz CT molecular complexity index is 725. The van der Waals surface area contributed by atoms with Gasteiger partial charge in [0.2, 0.25) is 0 Å². The number of hydrogen-bond acceptors (Lipinski definition) is 4. The van der Waals surface area contributed by atoms with E-state index >= 15 is 0 Å². The van der Waals surface area contributed by atoms with Crippen LogP contribution in [0.4, 0.5) is 0 Å². The van der Waals surface area contributed by atoms with Crippen LogP contribution in [0.15, 0.2) is 58.3 Å². The first-order valence-electron chi connectivity index (χ1n) is 6.49. The van der Waals surface area contributed by atoms with Crippen molar-refractivity contribution in [2.75, 3.05) is 14.2 Å². The number of amides is 1. The minimum Gasteiger partial charge on any atom is -0.465 e. The van der Waals surface area contributed by atoms with Crippen molar-refractivity contribution < 1.29 is 18.5 Å². The van der Waals surface area contributed by atoms with Crippen molar-refractivity contribution in [3.8, 4) is 0 Å². The van der Waals surface area contributed by atoms with Gasteiger partial charge in [-0.1, -0.05) is 12.1 Å². The fraction of sp³-hybridized carbons (Fsp3) is 0.125. The SMILES string of the molecule is CNC(=O)c1ccccc1S(=O)c1ccc(C(=O)OC)cc1. The third-order valence-corrected chi connectivity index (χ3v) is 4.50. The van der Waals surface area contributed by atoms with E-state index in [0.29, 0.717) is 20.9 Å². The lowest BCUT2D eigenvalue weighted by Gasteiger charge is -2.08. The fourth-order valence-electron chi connectivity index (χ4n) is 1.91. The predicted molar refractivity (Wildman–Crippen MR) is 82.3 cm³/mol. The number of methoxy groups -OCH3 is 1. The van der Waals surface area contributed by atoms with Crippen LogP contribution in [0.25, 0.3) is 0 Å². The molecule has 0 aliphatic carbocycles. The molecule has 1 N–H and O–H groups in total. The van der Waals surface area contributed by atoms with Crippen LogP contribution in [0.5, 0.6) is 0 Å². The van der Waals surface area contributed by atoms with Crippen molar-refractivity contribution in [2.24, 2.45) is 0 Å². The largest absolute Gasteiger partial charge is 0.465 e. The first kappa shape index (κ1) is 15.9. The molecule has 1 unspecified atom stereocenters. The summed E-state index contributed by atoms with van der Waals surface area (Å²) in [5, 5.41) is 2.53. The summed E-state index contributed by atoms with van der Waals surface area (Å²) in [5.74, 6) is -0.752. The van der Waals surface area contributed by atoms with Crippen LogP contribution in [0.1, 0.15) is 20.7 Å². The highest BCUT2D eigenvalue weighted by Gasteiger charge is 2.16. The molecule has 0 aliphatic rings. The lowest BCUT2D eigenvalue weighted by Crippen LogP contribution is -2.19. The molecule has 2 rings (SSSR count). The summed E-state index contributed by atoms with van der Waals surface area (Å²) in [6.45, 7) is 0. The van der Waals surface area contributed by atoms with Gasteiger partial charge in [-0.2, -0.15) is 0 Å². The number of esters is 1. The van der Waals surface area contributed by atoms with Gasteiger partial charge >= 0.3 is 5.97 Å². The number of carbonyl (C=O) groups is 2. The van der Waals surface area contributed by atoms with Crippen LogP contribution in [-0.4, -0.2) is 30.2 Å². The van der Waals surface area contributed by atoms with Gasteiger partial charge in [-0.15, -0.1) is 0 Å². The Balaban J connectivity index is 2.37. The number of carbonyl (C=O) groups excluding carboxylic acids is 2. The maximum atomic E-state index is 12.7. The quantitative estimate of drug-likeness (QED) is 0.876. The number of ether oxygens (including phenoxy) is 1. The van der Waals surface area contributed by atoms with E-state index in [-0.39, 0.29) is 5.91 Å². The second-order valence-corrected chi connectivity index (χ2v) is 5.81. The maximum Gasteiger partial charge on any atom is 0.337 e. The van der Waals surface area contributed by atoms with E-state index in [4.69, 9.17) is 0 Å². The summed E-state index contributed by atoms with van der Waals surface area (Å²) >= 11 is 0. The average Bonchev–Trinajstić information content (AvgIpc) is 2.59. The number of benzene rings is 2. The van der Waals surface area contributed by atoms with Crippen LogP contribution in [0.2, 0.25) is 0 Å². The highest BCUT2D eigenvalue weighted by atomic mass is 32.2. The minimum absolute atomic E-state index is 0.296. The molecule has 2 aromatic carbocycles. The molecule has 0 radical (unpaired) electrons. The number of nitrogens with one attached hydrogen (secondary N) is 1. The molecule has 0 bridgehead atoms. The van der Waals surface area contributed by atoms with Crippen LogP contribution in [0, 0.1) is 0 Å². The Morgan fingerprint density at radius 3 is 2.27 bits per heavy atom. The van der Waals surface area contributed by atoms with Crippen molar-refractivity contribution in [3.63, 3.8) is 0 Å². The predicted octanol–water partition coefficient (Wildman–Crippen LogP) is 2.00. The Morgan fingerprint density at radius 1 is 1.05 bits per heavy atom. The van der Waals surface area contributed by atoms with Crippen LogP contribution in [-0.2, 0) is 15.5 Å². The number of hydrogen-bond donors (Lipinski definition) is 1. The Morgan fingerprint density at radius 2 is 1.68 bits per heavy atom. The van der Waals surface area contributed by atoms with Crippen molar-refractivity contribution in [3.05, 3.63) is 59.7 Å². The van der Waals surface area contributed by atoms with E-state index in [1.54, 1.807) is 48.5 Å². The molecule has 1 amide bonds. The van der Waals surface area contributed by atoms with Gasteiger partial charge in [0, 0.05) is 11.9 Å². The molecular weight excluding hydrogens is 302 g/mol. The van der Waals surface area contributed by atoms with Gasteiger partial charge in [0.1, 0.15) is 0 Å². The van der Waals surface area contributed by atoms with Gasteiger partial charge in [-0.25, -0.2) is 9.00 Å². The van der Waals surface area contributed by atoms with Crippen LogP contribution < -0.4 is 5.32 Å². The van der Waals surface area contributed by atoms with Gasteiger partial charge in [-0.3, -0.25) is 4.79 Å². The molecule has 2 aromatic rings. The minimum atomic E-state index is -1.52. The monoisotopic (exact) mass is 317 g/mol. The normalized spacial score (nSPS) is 11.5. The molecule has 6 heteroatoms. The lowest BCUT2D eigenvalue weighted by molar-refractivity contribution is 0.0600. The highest BCUT2D eigenvalue weighted by molar-refractivity contribution is 7.85. The fourth-order valence-corrected chi connectivity index (χ4v) is 3.11. The standard InChI is InChI=1S/C16H15NO4S/c1-17-15(18)13-5-3-4-6-14(13)22(20)12-9-7-11(8-10-12)16(19)21-2/h3-10H,1-2H3,(H,17,18). The van der Waals surface area contributed by atoms with Gasteiger partial charge < -0.3 is 10.1 Å². The third kappa shape index (κ3) is 3.23. The molecule has 1 atom stereocenters. The van der Waals surface area contributed by atoms with E-state index in [0.717, 1.165) is 0 Å². The lowest BCUT2D eigenvalue weighted by atomic mass is 10.2. The molecule has 114 valence electrons. The van der Waals surface area contributed by atoms with E-state index in [2.05, 4.69) is 10.1 Å². The van der Waals surface area contributed by atoms with E-state index in [9.17, 15) is 13.8 Å². The summed E-state index contributed by atoms with van der Waals surface area (Å²) in [6.07, 6.45) is 0. The summed E-state index contributed by atoms with van der Waals surface area (Å²) in [4.78, 5) is 24.2. The second-order valence-electron chi connectivity index (χ2n) is 4.36. The molecule has 0 fully saturated rings. The molecular formula is C16H15NO4S. The molecule has 0 aromatic heterocycles. The smallest absolute Gasteiger partial charge is 0.337 e. The Hall–Kier alpha value is -2.47. The zero-order valence-corrected chi connectivity index (χ0v) is 13.0. The summed E-state index contributed by atoms with van der Waals surface area (Å²) in [5.41, 5.74) is 0.739. The molecule has 0 aliphatic heterocycles. The Labute approximate surface area is 130 Å². The molecule has 0 spiro atoms. The Kier molecular flexibility index (Phi) is 5.06. The van der Waals surface area contributed by atoms with Crippen LogP contribution >= 0.6 is 0 Å². The first-order valence-corrected chi connectivity index (χ1v) is 7.64. The van der Waals surface area contributed by atoms with Crippen LogP contribution in [0.3, 0.4) is 0 Å². The molecule has 0 saturated heterocycles. The van der Waals surface area contributed by atoms with Gasteiger partial charge in [-0.05, 0) is 36.4 Å². The zero-order chi connectivity index (χ0) is 16.1. The van der Waals surface area contributed by atoms with Gasteiger partial charge in [0.05, 0.1) is 33.9 Å². The van der Waals surface area contributed by atoms with Crippen molar-refractivity contribution >= 4 is 22.7 Å². The van der Waals surface area contributed by atoms with Crippen molar-refractivity contribution in [1.82, 2.24) is 5.32 Å². The highest BCUT2D eigenvalue weighted by Crippen LogP contribution is 2.21. The maximum absolute atomic E-state index is 12.7. The summed E-state index contributed by atoms with van der Waals surface area (Å²) < 4.78 is 17.3. The second kappa shape index (κ2) is 7.00. The first-order chi connectivity index (χ1) is 10.6. The van der Waals surface area contributed by atoms with E-state index in [1.807, 2.05) is 0 Å². The van der Waals surface area contributed by atoms with E-state index in [1.165, 1.54) is 14.2 Å². The van der Waals surface area contributed by atoms with Gasteiger partial charge in [0.25, 0.3) is 5.91 Å². The molecule has 22 heavy (non-hydrogen) atoms. The zero-order valence-electron chi connectivity index (χ0n) is 12.2.